The number of hydrogen-bond acceptors (Lipinski definition) is 3. The van der Waals surface area contributed by atoms with E-state index in [-0.39, 0.29) is 0 Å². The predicted molar refractivity (Wildman–Crippen MR) is 79.4 cm³/mol. The Hall–Kier alpha value is -0.870. The molecule has 19 heavy (non-hydrogen) atoms. The number of piperazine rings is 1. The molecule has 1 saturated heterocycles. The molecule has 0 radical (unpaired) electrons. The Morgan fingerprint density at radius 1 is 1.05 bits per heavy atom. The van der Waals surface area contributed by atoms with E-state index in [2.05, 4.69) is 39.6 Å². The lowest BCUT2D eigenvalue weighted by Gasteiger charge is -2.33. The molecule has 0 amide bonds. The van der Waals surface area contributed by atoms with Crippen LogP contribution in [0.4, 0.5) is 0 Å². The van der Waals surface area contributed by atoms with Gasteiger partial charge in [0.2, 0.25) is 0 Å². The average Bonchev–Trinajstić information content (AvgIpc) is 2.88. The zero-order valence-electron chi connectivity index (χ0n) is 12.5. The van der Waals surface area contributed by atoms with Crippen LogP contribution in [-0.4, -0.2) is 58.8 Å². The van der Waals surface area contributed by atoms with E-state index < -0.39 is 0 Å². The number of nitrogens with zero attached hydrogens (tertiary/aromatic N) is 4. The smallest absolute Gasteiger partial charge is 0.0521 e. The quantitative estimate of drug-likeness (QED) is 0.751. The third-order valence-corrected chi connectivity index (χ3v) is 4.00. The van der Waals surface area contributed by atoms with Crippen molar-refractivity contribution in [1.29, 1.82) is 0 Å². The predicted octanol–water partition coefficient (Wildman–Crippen LogP) is 1.86. The number of aryl methyl sites for hydroxylation is 2. The lowest BCUT2D eigenvalue weighted by atomic mass is 10.2. The van der Waals surface area contributed by atoms with Crippen LogP contribution in [-0.2, 0) is 13.0 Å². The van der Waals surface area contributed by atoms with Gasteiger partial charge in [-0.15, -0.1) is 0 Å². The molecule has 4 heteroatoms. The van der Waals surface area contributed by atoms with E-state index in [0.717, 1.165) is 13.0 Å². The van der Waals surface area contributed by atoms with Gasteiger partial charge in [0.15, 0.2) is 0 Å². The Balaban J connectivity index is 1.63. The van der Waals surface area contributed by atoms with Crippen molar-refractivity contribution < 1.29 is 0 Å². The summed E-state index contributed by atoms with van der Waals surface area (Å²) in [5.74, 6) is 0. The molecule has 0 atom stereocenters. The van der Waals surface area contributed by atoms with Gasteiger partial charge in [-0.1, -0.05) is 20.3 Å². The summed E-state index contributed by atoms with van der Waals surface area (Å²) in [4.78, 5) is 5.11. The first kappa shape index (κ1) is 14.5. The molecule has 1 aliphatic heterocycles. The highest BCUT2D eigenvalue weighted by Gasteiger charge is 2.14. The van der Waals surface area contributed by atoms with Gasteiger partial charge in [0.1, 0.15) is 0 Å². The standard InChI is InChI=1S/C15H28N4/c1-3-6-15-13-16-19(14-15)8-5-7-18-11-9-17(4-2)10-12-18/h13-14H,3-12H2,1-2H3. The highest BCUT2D eigenvalue weighted by atomic mass is 15.3. The monoisotopic (exact) mass is 264 g/mol. The minimum absolute atomic E-state index is 1.05. The third kappa shape index (κ3) is 4.62. The molecular weight excluding hydrogens is 236 g/mol. The number of hydrogen-bond donors (Lipinski definition) is 0. The maximum Gasteiger partial charge on any atom is 0.0521 e. The van der Waals surface area contributed by atoms with Crippen LogP contribution in [0.3, 0.4) is 0 Å². The molecule has 2 heterocycles. The van der Waals surface area contributed by atoms with Crippen molar-refractivity contribution in [2.45, 2.75) is 39.7 Å². The molecule has 2 rings (SSSR count). The average molecular weight is 264 g/mol. The first-order chi connectivity index (χ1) is 9.31. The molecule has 0 bridgehead atoms. The van der Waals surface area contributed by atoms with Crippen LogP contribution in [0.25, 0.3) is 0 Å². The largest absolute Gasteiger partial charge is 0.301 e. The van der Waals surface area contributed by atoms with Gasteiger partial charge in [-0.25, -0.2) is 0 Å². The molecule has 1 aliphatic rings. The summed E-state index contributed by atoms with van der Waals surface area (Å²) in [6.07, 6.45) is 7.79. The Kier molecular flexibility index (Phi) is 5.86. The molecule has 1 fully saturated rings. The molecule has 0 aromatic carbocycles. The van der Waals surface area contributed by atoms with Gasteiger partial charge in [0.25, 0.3) is 0 Å². The minimum Gasteiger partial charge on any atom is -0.301 e. The van der Waals surface area contributed by atoms with Gasteiger partial charge >= 0.3 is 0 Å². The van der Waals surface area contributed by atoms with Crippen LogP contribution in [0.2, 0.25) is 0 Å². The molecule has 4 nitrogen and oxygen atoms in total. The maximum atomic E-state index is 4.43. The fourth-order valence-corrected chi connectivity index (χ4v) is 2.73. The molecular formula is C15H28N4. The summed E-state index contributed by atoms with van der Waals surface area (Å²) in [5.41, 5.74) is 1.37. The van der Waals surface area contributed by atoms with Crippen LogP contribution in [0.5, 0.6) is 0 Å². The second-order valence-corrected chi connectivity index (χ2v) is 5.49. The first-order valence-electron chi connectivity index (χ1n) is 7.78. The summed E-state index contributed by atoms with van der Waals surface area (Å²) in [6, 6.07) is 0. The summed E-state index contributed by atoms with van der Waals surface area (Å²) in [5, 5.41) is 4.43. The van der Waals surface area contributed by atoms with Crippen molar-refractivity contribution in [3.8, 4) is 0 Å². The van der Waals surface area contributed by atoms with Crippen molar-refractivity contribution in [3.05, 3.63) is 18.0 Å². The third-order valence-electron chi connectivity index (χ3n) is 4.00. The fourth-order valence-electron chi connectivity index (χ4n) is 2.73. The van der Waals surface area contributed by atoms with Crippen LogP contribution in [0, 0.1) is 0 Å². The molecule has 0 N–H and O–H groups in total. The summed E-state index contributed by atoms with van der Waals surface area (Å²) in [6.45, 7) is 12.9. The first-order valence-corrected chi connectivity index (χ1v) is 7.78. The second-order valence-electron chi connectivity index (χ2n) is 5.49. The molecule has 1 aromatic heterocycles. The molecule has 0 saturated carbocycles. The molecule has 108 valence electrons. The Labute approximate surface area is 117 Å². The van der Waals surface area contributed by atoms with Crippen molar-refractivity contribution in [1.82, 2.24) is 19.6 Å². The summed E-state index contributed by atoms with van der Waals surface area (Å²) >= 11 is 0. The van der Waals surface area contributed by atoms with E-state index in [9.17, 15) is 0 Å². The van der Waals surface area contributed by atoms with Crippen molar-refractivity contribution in [3.63, 3.8) is 0 Å². The lowest BCUT2D eigenvalue weighted by molar-refractivity contribution is 0.134. The molecule has 1 aromatic rings. The van der Waals surface area contributed by atoms with Gasteiger partial charge in [-0.3, -0.25) is 4.68 Å². The van der Waals surface area contributed by atoms with E-state index in [4.69, 9.17) is 0 Å². The SMILES string of the molecule is CCCc1cnn(CCCN2CCN(CC)CC2)c1. The van der Waals surface area contributed by atoms with Gasteiger partial charge in [-0.05, 0) is 31.5 Å². The van der Waals surface area contributed by atoms with Crippen molar-refractivity contribution in [2.75, 3.05) is 39.3 Å². The van der Waals surface area contributed by atoms with Crippen LogP contribution >= 0.6 is 0 Å². The minimum atomic E-state index is 1.05. The molecule has 0 aliphatic carbocycles. The lowest BCUT2D eigenvalue weighted by Crippen LogP contribution is -2.46. The summed E-state index contributed by atoms with van der Waals surface area (Å²) < 4.78 is 2.10. The Morgan fingerprint density at radius 3 is 2.47 bits per heavy atom. The number of rotatable bonds is 7. The van der Waals surface area contributed by atoms with Gasteiger partial charge < -0.3 is 9.80 Å². The maximum absolute atomic E-state index is 4.43. The number of likely N-dealkylation sites (N-methyl/N-ethyl adjacent to an activating group) is 1. The topological polar surface area (TPSA) is 24.3 Å². The van der Waals surface area contributed by atoms with E-state index in [1.807, 2.05) is 6.20 Å². The van der Waals surface area contributed by atoms with Gasteiger partial charge in [-0.2, -0.15) is 5.10 Å². The van der Waals surface area contributed by atoms with E-state index in [1.165, 1.54) is 57.7 Å². The summed E-state index contributed by atoms with van der Waals surface area (Å²) in [7, 11) is 0. The second kappa shape index (κ2) is 7.65. The van der Waals surface area contributed by atoms with Crippen molar-refractivity contribution in [2.24, 2.45) is 0 Å². The molecule has 0 spiro atoms. The Morgan fingerprint density at radius 2 is 1.79 bits per heavy atom. The highest BCUT2D eigenvalue weighted by Crippen LogP contribution is 2.04. The fraction of sp³-hybridized carbons (Fsp3) is 0.800. The van der Waals surface area contributed by atoms with Gasteiger partial charge in [0.05, 0.1) is 6.20 Å². The van der Waals surface area contributed by atoms with E-state index >= 15 is 0 Å². The Bertz CT molecular complexity index is 353. The van der Waals surface area contributed by atoms with Crippen molar-refractivity contribution >= 4 is 0 Å². The zero-order chi connectivity index (χ0) is 13.5. The molecule has 0 unspecified atom stereocenters. The van der Waals surface area contributed by atoms with Crippen LogP contribution in [0.15, 0.2) is 12.4 Å². The van der Waals surface area contributed by atoms with Crippen LogP contribution < -0.4 is 0 Å². The zero-order valence-corrected chi connectivity index (χ0v) is 12.5. The van der Waals surface area contributed by atoms with E-state index in [1.54, 1.807) is 0 Å². The van der Waals surface area contributed by atoms with Gasteiger partial charge in [0, 0.05) is 38.9 Å². The van der Waals surface area contributed by atoms with Crippen LogP contribution in [0.1, 0.15) is 32.3 Å². The number of aromatic nitrogens is 2. The highest BCUT2D eigenvalue weighted by molar-refractivity contribution is 5.03. The van der Waals surface area contributed by atoms with E-state index in [0.29, 0.717) is 0 Å². The normalized spacial score (nSPS) is 18.0.